The maximum Gasteiger partial charge on any atom is 0.0599 e. The van der Waals surface area contributed by atoms with Crippen LogP contribution in [0.25, 0.3) is 0 Å². The molecule has 2 heteroatoms. The number of hydrogen-bond acceptors (Lipinski definition) is 2. The number of nitrogens with zero attached hydrogens (tertiary/aromatic N) is 1. The number of hydrogen-bond donors (Lipinski definition) is 1. The summed E-state index contributed by atoms with van der Waals surface area (Å²) in [4.78, 5) is 2.18. The zero-order chi connectivity index (χ0) is 9.23. The van der Waals surface area contributed by atoms with Gasteiger partial charge in [0, 0.05) is 13.1 Å². The molecule has 0 aromatic heterocycles. The molecule has 0 fully saturated rings. The summed E-state index contributed by atoms with van der Waals surface area (Å²) in [7, 11) is 0. The van der Waals surface area contributed by atoms with Crippen LogP contribution in [0.3, 0.4) is 0 Å². The van der Waals surface area contributed by atoms with Crippen molar-refractivity contribution in [2.75, 3.05) is 32.7 Å². The van der Waals surface area contributed by atoms with Gasteiger partial charge in [0.2, 0.25) is 0 Å². The fourth-order valence-corrected chi connectivity index (χ4v) is 0.876. The fraction of sp³-hybridized carbons (Fsp3) is 0.600. The molecule has 0 amide bonds. The van der Waals surface area contributed by atoms with E-state index in [4.69, 9.17) is 12.8 Å². The summed E-state index contributed by atoms with van der Waals surface area (Å²) in [5, 5.41) is 3.11. The van der Waals surface area contributed by atoms with Crippen LogP contribution >= 0.6 is 0 Å². The van der Waals surface area contributed by atoms with Crippen molar-refractivity contribution < 1.29 is 0 Å². The number of likely N-dealkylation sites (N-methyl/N-ethyl adjacent to an activating group) is 1. The summed E-state index contributed by atoms with van der Waals surface area (Å²) in [6.07, 6.45) is 10.3. The maximum atomic E-state index is 5.19. The smallest absolute Gasteiger partial charge is 0.0599 e. The topological polar surface area (TPSA) is 15.3 Å². The highest BCUT2D eigenvalue weighted by molar-refractivity contribution is 4.89. The van der Waals surface area contributed by atoms with Gasteiger partial charge in [-0.2, -0.15) is 0 Å². The second-order valence-electron chi connectivity index (χ2n) is 2.45. The van der Waals surface area contributed by atoms with Crippen molar-refractivity contribution in [3.05, 3.63) is 0 Å². The summed E-state index contributed by atoms with van der Waals surface area (Å²) < 4.78 is 0. The molecule has 0 atom stereocenters. The van der Waals surface area contributed by atoms with E-state index in [9.17, 15) is 0 Å². The van der Waals surface area contributed by atoms with Gasteiger partial charge in [0.15, 0.2) is 0 Å². The minimum Gasteiger partial charge on any atom is -0.305 e. The van der Waals surface area contributed by atoms with Crippen LogP contribution in [0.1, 0.15) is 6.92 Å². The van der Waals surface area contributed by atoms with Crippen molar-refractivity contribution in [1.29, 1.82) is 0 Å². The Balaban J connectivity index is 3.34. The molecule has 0 aliphatic rings. The van der Waals surface area contributed by atoms with Gasteiger partial charge in [0.05, 0.1) is 13.1 Å². The van der Waals surface area contributed by atoms with Gasteiger partial charge in [-0.3, -0.25) is 4.90 Å². The number of rotatable bonds is 6. The van der Waals surface area contributed by atoms with Crippen molar-refractivity contribution in [3.63, 3.8) is 0 Å². The van der Waals surface area contributed by atoms with E-state index in [0.29, 0.717) is 13.1 Å². The Bertz CT molecular complexity index is 173. The molecule has 0 aromatic carbocycles. The summed E-state index contributed by atoms with van der Waals surface area (Å²) in [6, 6.07) is 0. The highest BCUT2D eigenvalue weighted by atomic mass is 15.1. The van der Waals surface area contributed by atoms with Crippen molar-refractivity contribution in [3.8, 4) is 24.7 Å². The molecule has 12 heavy (non-hydrogen) atoms. The third-order valence-corrected chi connectivity index (χ3v) is 1.59. The molecule has 0 saturated carbocycles. The van der Waals surface area contributed by atoms with Crippen LogP contribution in [0.15, 0.2) is 0 Å². The average Bonchev–Trinajstić information content (AvgIpc) is 2.10. The second kappa shape index (κ2) is 8.14. The van der Waals surface area contributed by atoms with Crippen molar-refractivity contribution in [2.24, 2.45) is 0 Å². The minimum atomic E-state index is 0.633. The van der Waals surface area contributed by atoms with Gasteiger partial charge < -0.3 is 5.32 Å². The largest absolute Gasteiger partial charge is 0.305 e. The summed E-state index contributed by atoms with van der Waals surface area (Å²) in [6.45, 7) is 6.30. The summed E-state index contributed by atoms with van der Waals surface area (Å²) in [5.74, 6) is 5.14. The Morgan fingerprint density at radius 3 is 2.58 bits per heavy atom. The third-order valence-electron chi connectivity index (χ3n) is 1.59. The Morgan fingerprint density at radius 1 is 1.33 bits per heavy atom. The second-order valence-corrected chi connectivity index (χ2v) is 2.45. The lowest BCUT2D eigenvalue weighted by molar-refractivity contribution is 0.324. The highest BCUT2D eigenvalue weighted by Gasteiger charge is 1.97. The molecule has 0 heterocycles. The quantitative estimate of drug-likeness (QED) is 0.444. The van der Waals surface area contributed by atoms with Crippen LogP contribution in [0, 0.1) is 24.7 Å². The number of terminal acetylenes is 2. The molecule has 0 rings (SSSR count). The SMILES string of the molecule is C#CCNCCN(CC)CC#C. The molecule has 0 aliphatic carbocycles. The molecule has 1 N–H and O–H groups in total. The Hall–Kier alpha value is -0.960. The molecule has 0 aromatic rings. The van der Waals surface area contributed by atoms with E-state index in [1.807, 2.05) is 0 Å². The Labute approximate surface area is 75.3 Å². The molecule has 0 saturated heterocycles. The van der Waals surface area contributed by atoms with E-state index < -0.39 is 0 Å². The van der Waals surface area contributed by atoms with E-state index in [0.717, 1.165) is 19.6 Å². The molecular formula is C10H16N2. The lowest BCUT2D eigenvalue weighted by Gasteiger charge is -2.16. The van der Waals surface area contributed by atoms with Gasteiger partial charge in [-0.15, -0.1) is 12.8 Å². The van der Waals surface area contributed by atoms with Crippen LogP contribution in [0.2, 0.25) is 0 Å². The molecule has 2 nitrogen and oxygen atoms in total. The van der Waals surface area contributed by atoms with Crippen LogP contribution in [0.5, 0.6) is 0 Å². The fourth-order valence-electron chi connectivity index (χ4n) is 0.876. The van der Waals surface area contributed by atoms with Gasteiger partial charge in [-0.1, -0.05) is 18.8 Å². The molecule has 66 valence electrons. The van der Waals surface area contributed by atoms with E-state index >= 15 is 0 Å². The zero-order valence-electron chi connectivity index (χ0n) is 7.64. The third kappa shape index (κ3) is 5.80. The van der Waals surface area contributed by atoms with E-state index in [1.54, 1.807) is 0 Å². The molecule has 0 bridgehead atoms. The van der Waals surface area contributed by atoms with Crippen molar-refractivity contribution in [1.82, 2.24) is 10.2 Å². The van der Waals surface area contributed by atoms with Crippen LogP contribution in [-0.4, -0.2) is 37.6 Å². The van der Waals surface area contributed by atoms with Gasteiger partial charge in [0.25, 0.3) is 0 Å². The van der Waals surface area contributed by atoms with Gasteiger partial charge >= 0.3 is 0 Å². The summed E-state index contributed by atoms with van der Waals surface area (Å²) >= 11 is 0. The van der Waals surface area contributed by atoms with E-state index in [-0.39, 0.29) is 0 Å². The summed E-state index contributed by atoms with van der Waals surface area (Å²) in [5.41, 5.74) is 0. The molecule has 0 radical (unpaired) electrons. The molecule has 0 spiro atoms. The lowest BCUT2D eigenvalue weighted by atomic mass is 10.4. The monoisotopic (exact) mass is 164 g/mol. The minimum absolute atomic E-state index is 0.633. The van der Waals surface area contributed by atoms with Gasteiger partial charge in [0.1, 0.15) is 0 Å². The normalized spacial score (nSPS) is 9.33. The number of nitrogens with one attached hydrogen (secondary N) is 1. The Kier molecular flexibility index (Phi) is 7.49. The van der Waals surface area contributed by atoms with Crippen LogP contribution in [0.4, 0.5) is 0 Å². The van der Waals surface area contributed by atoms with Crippen molar-refractivity contribution in [2.45, 2.75) is 6.92 Å². The highest BCUT2D eigenvalue weighted by Crippen LogP contribution is 1.83. The first-order valence-electron chi connectivity index (χ1n) is 4.15. The first kappa shape index (κ1) is 11.0. The molecular weight excluding hydrogens is 148 g/mol. The van der Waals surface area contributed by atoms with Crippen molar-refractivity contribution >= 4 is 0 Å². The average molecular weight is 164 g/mol. The predicted molar refractivity (Wildman–Crippen MR) is 52.6 cm³/mol. The lowest BCUT2D eigenvalue weighted by Crippen LogP contribution is -2.32. The zero-order valence-corrected chi connectivity index (χ0v) is 7.64. The standard InChI is InChI=1S/C10H16N2/c1-4-7-11-8-10-12(6-3)9-5-2/h1-2,11H,6-10H2,3H3. The van der Waals surface area contributed by atoms with Gasteiger partial charge in [-0.25, -0.2) is 0 Å². The predicted octanol–water partition coefficient (Wildman–Crippen LogP) is 0.164. The van der Waals surface area contributed by atoms with Crippen LogP contribution < -0.4 is 5.32 Å². The first-order chi connectivity index (χ1) is 5.85. The molecule has 0 aliphatic heterocycles. The van der Waals surface area contributed by atoms with Gasteiger partial charge in [-0.05, 0) is 6.54 Å². The molecule has 0 unspecified atom stereocenters. The first-order valence-corrected chi connectivity index (χ1v) is 4.15. The Morgan fingerprint density at radius 2 is 2.08 bits per heavy atom. The van der Waals surface area contributed by atoms with E-state index in [1.165, 1.54) is 0 Å². The van der Waals surface area contributed by atoms with E-state index in [2.05, 4.69) is 29.0 Å². The van der Waals surface area contributed by atoms with Crippen LogP contribution in [-0.2, 0) is 0 Å². The maximum absolute atomic E-state index is 5.19.